The predicted molar refractivity (Wildman–Crippen MR) is 104 cm³/mol. The molecule has 2 rings (SSSR count). The second kappa shape index (κ2) is 10.6. The van der Waals surface area contributed by atoms with Crippen molar-refractivity contribution in [1.82, 2.24) is 15.6 Å². The first-order valence-electron chi connectivity index (χ1n) is 8.35. The first-order valence-corrected chi connectivity index (χ1v) is 9.14. The van der Waals surface area contributed by atoms with Crippen molar-refractivity contribution in [2.75, 3.05) is 39.4 Å². The summed E-state index contributed by atoms with van der Waals surface area (Å²) in [5, 5.41) is 8.85. The third-order valence-corrected chi connectivity index (χ3v) is 4.30. The monoisotopic (exact) mass is 368 g/mol. The molecule has 0 radical (unpaired) electrons. The van der Waals surface area contributed by atoms with Crippen molar-refractivity contribution >= 4 is 34.6 Å². The third kappa shape index (κ3) is 6.73. The summed E-state index contributed by atoms with van der Waals surface area (Å²) in [7, 11) is 0. The number of nitrogens with zero attached hydrogens (tertiary/aromatic N) is 2. The summed E-state index contributed by atoms with van der Waals surface area (Å²) in [4.78, 5) is 2.41. The molecule has 0 aliphatic carbocycles. The van der Waals surface area contributed by atoms with Crippen LogP contribution in [0.3, 0.4) is 0 Å². The summed E-state index contributed by atoms with van der Waals surface area (Å²) in [6.45, 7) is 7.66. The molecule has 0 bridgehead atoms. The molecule has 132 valence electrons. The Morgan fingerprint density at radius 2 is 2.17 bits per heavy atom. The highest BCUT2D eigenvalue weighted by Crippen LogP contribution is 2.12. The zero-order valence-corrected chi connectivity index (χ0v) is 15.6. The number of benzene rings is 1. The molecule has 0 aromatic heterocycles. The van der Waals surface area contributed by atoms with Gasteiger partial charge in [0, 0.05) is 24.7 Å². The zero-order valence-electron chi connectivity index (χ0n) is 14.1. The molecule has 1 fully saturated rings. The van der Waals surface area contributed by atoms with E-state index in [1.54, 1.807) is 0 Å². The number of rotatable bonds is 7. The topological polar surface area (TPSA) is 48.9 Å². The number of hydrogen-bond donors (Lipinski definition) is 2. The fourth-order valence-electron chi connectivity index (χ4n) is 2.50. The number of hydrogen-bond acceptors (Lipinski definition) is 4. The van der Waals surface area contributed by atoms with Crippen LogP contribution in [-0.2, 0) is 4.74 Å². The SMILES string of the molecule is CC/C(=N\NC(=S)NCCCN1CCOCC1)c1cccc(Cl)c1. The summed E-state index contributed by atoms with van der Waals surface area (Å²) in [5.74, 6) is 0. The molecule has 0 unspecified atom stereocenters. The minimum absolute atomic E-state index is 0.546. The van der Waals surface area contributed by atoms with Crippen LogP contribution >= 0.6 is 23.8 Å². The summed E-state index contributed by atoms with van der Waals surface area (Å²) in [5.41, 5.74) is 4.85. The summed E-state index contributed by atoms with van der Waals surface area (Å²) >= 11 is 11.3. The Labute approximate surface area is 154 Å². The molecular formula is C17H25ClN4OS. The van der Waals surface area contributed by atoms with Gasteiger partial charge in [-0.15, -0.1) is 0 Å². The van der Waals surface area contributed by atoms with Crippen LogP contribution in [0.5, 0.6) is 0 Å². The van der Waals surface area contributed by atoms with Crippen molar-refractivity contribution in [3.8, 4) is 0 Å². The second-order valence-electron chi connectivity index (χ2n) is 5.60. The number of hydrazone groups is 1. The Morgan fingerprint density at radius 1 is 1.38 bits per heavy atom. The Bertz CT molecular complexity index is 561. The number of morpholine rings is 1. The van der Waals surface area contributed by atoms with E-state index in [1.807, 2.05) is 24.3 Å². The Balaban J connectivity index is 1.70. The number of thiocarbonyl (C=S) groups is 1. The third-order valence-electron chi connectivity index (χ3n) is 3.83. The van der Waals surface area contributed by atoms with Crippen LogP contribution in [0.1, 0.15) is 25.3 Å². The fourth-order valence-corrected chi connectivity index (χ4v) is 2.84. The van der Waals surface area contributed by atoms with Crippen LogP contribution in [-0.4, -0.2) is 55.1 Å². The molecule has 24 heavy (non-hydrogen) atoms. The number of ether oxygens (including phenoxy) is 1. The van der Waals surface area contributed by atoms with Gasteiger partial charge >= 0.3 is 0 Å². The van der Waals surface area contributed by atoms with Crippen molar-refractivity contribution in [2.24, 2.45) is 5.10 Å². The molecule has 2 N–H and O–H groups in total. The minimum Gasteiger partial charge on any atom is -0.379 e. The van der Waals surface area contributed by atoms with Gasteiger partial charge in [0.25, 0.3) is 0 Å². The normalized spacial score (nSPS) is 16.0. The van der Waals surface area contributed by atoms with E-state index in [4.69, 9.17) is 28.6 Å². The lowest BCUT2D eigenvalue weighted by atomic mass is 10.1. The highest BCUT2D eigenvalue weighted by atomic mass is 35.5. The maximum Gasteiger partial charge on any atom is 0.186 e. The lowest BCUT2D eigenvalue weighted by Crippen LogP contribution is -2.39. The van der Waals surface area contributed by atoms with Gasteiger partial charge in [-0.1, -0.05) is 30.7 Å². The first-order chi connectivity index (χ1) is 11.7. The van der Waals surface area contributed by atoms with Gasteiger partial charge in [0.15, 0.2) is 5.11 Å². The molecule has 0 spiro atoms. The number of halogens is 1. The number of nitrogens with one attached hydrogen (secondary N) is 2. The molecule has 0 atom stereocenters. The summed E-state index contributed by atoms with van der Waals surface area (Å²) in [6, 6.07) is 7.68. The lowest BCUT2D eigenvalue weighted by Gasteiger charge is -2.26. The molecule has 0 saturated carbocycles. The van der Waals surface area contributed by atoms with Crippen molar-refractivity contribution in [1.29, 1.82) is 0 Å². The predicted octanol–water partition coefficient (Wildman–Crippen LogP) is 2.64. The molecule has 1 heterocycles. The van der Waals surface area contributed by atoms with E-state index in [2.05, 4.69) is 27.7 Å². The van der Waals surface area contributed by atoms with E-state index in [0.29, 0.717) is 10.1 Å². The van der Waals surface area contributed by atoms with Gasteiger partial charge in [-0.3, -0.25) is 10.3 Å². The van der Waals surface area contributed by atoms with E-state index in [9.17, 15) is 0 Å². The van der Waals surface area contributed by atoms with Crippen molar-refractivity contribution in [3.05, 3.63) is 34.9 Å². The van der Waals surface area contributed by atoms with Gasteiger partial charge in [-0.05, 0) is 49.3 Å². The zero-order chi connectivity index (χ0) is 17.2. The van der Waals surface area contributed by atoms with E-state index in [1.165, 1.54) is 0 Å². The molecule has 1 aromatic rings. The van der Waals surface area contributed by atoms with Gasteiger partial charge in [-0.25, -0.2) is 0 Å². The van der Waals surface area contributed by atoms with Gasteiger partial charge in [0.05, 0.1) is 18.9 Å². The molecule has 1 saturated heterocycles. The van der Waals surface area contributed by atoms with Gasteiger partial charge in [0.2, 0.25) is 0 Å². The van der Waals surface area contributed by atoms with Crippen LogP contribution < -0.4 is 10.7 Å². The average Bonchev–Trinajstić information content (AvgIpc) is 2.60. The lowest BCUT2D eigenvalue weighted by molar-refractivity contribution is 0.0376. The molecule has 1 aliphatic heterocycles. The molecule has 1 aliphatic rings. The quantitative estimate of drug-likeness (QED) is 0.335. The Kier molecular flexibility index (Phi) is 8.45. The highest BCUT2D eigenvalue weighted by Gasteiger charge is 2.09. The van der Waals surface area contributed by atoms with Crippen LogP contribution in [0.4, 0.5) is 0 Å². The van der Waals surface area contributed by atoms with E-state index >= 15 is 0 Å². The molecule has 7 heteroatoms. The maximum absolute atomic E-state index is 6.03. The largest absolute Gasteiger partial charge is 0.379 e. The van der Waals surface area contributed by atoms with Gasteiger partial charge in [0.1, 0.15) is 0 Å². The Morgan fingerprint density at radius 3 is 2.88 bits per heavy atom. The fraction of sp³-hybridized carbons (Fsp3) is 0.529. The van der Waals surface area contributed by atoms with Gasteiger partial charge in [-0.2, -0.15) is 5.10 Å². The standard InChI is InChI=1S/C17H25ClN4OS/c1-2-16(14-5-3-6-15(18)13-14)20-21-17(24)19-7-4-8-22-9-11-23-12-10-22/h3,5-6,13H,2,4,7-12H2,1H3,(H2,19,21,24)/b20-16+. The molecular weight excluding hydrogens is 344 g/mol. The highest BCUT2D eigenvalue weighted by molar-refractivity contribution is 7.80. The van der Waals surface area contributed by atoms with E-state index in [0.717, 1.165) is 63.5 Å². The molecule has 1 aromatic carbocycles. The van der Waals surface area contributed by atoms with Crippen molar-refractivity contribution < 1.29 is 4.74 Å². The van der Waals surface area contributed by atoms with Gasteiger partial charge < -0.3 is 10.1 Å². The molecule has 0 amide bonds. The maximum atomic E-state index is 6.03. The Hall–Kier alpha value is -1.21. The smallest absolute Gasteiger partial charge is 0.186 e. The van der Waals surface area contributed by atoms with Crippen LogP contribution in [0.25, 0.3) is 0 Å². The molecule has 5 nitrogen and oxygen atoms in total. The summed E-state index contributed by atoms with van der Waals surface area (Å²) in [6.07, 6.45) is 1.84. The van der Waals surface area contributed by atoms with E-state index in [-0.39, 0.29) is 0 Å². The van der Waals surface area contributed by atoms with Crippen LogP contribution in [0, 0.1) is 0 Å². The second-order valence-corrected chi connectivity index (χ2v) is 6.44. The van der Waals surface area contributed by atoms with Crippen LogP contribution in [0.2, 0.25) is 5.02 Å². The van der Waals surface area contributed by atoms with Crippen molar-refractivity contribution in [2.45, 2.75) is 19.8 Å². The first kappa shape index (κ1) is 19.1. The van der Waals surface area contributed by atoms with E-state index < -0.39 is 0 Å². The van der Waals surface area contributed by atoms with Crippen molar-refractivity contribution in [3.63, 3.8) is 0 Å². The summed E-state index contributed by atoms with van der Waals surface area (Å²) < 4.78 is 5.34. The van der Waals surface area contributed by atoms with Crippen LogP contribution in [0.15, 0.2) is 29.4 Å². The minimum atomic E-state index is 0.546. The average molecular weight is 369 g/mol.